The molecule has 13 heteroatoms. The van der Waals surface area contributed by atoms with E-state index in [-0.39, 0.29) is 17.4 Å². The second-order valence-corrected chi connectivity index (χ2v) is 12.7. The average Bonchev–Trinajstić information content (AvgIpc) is 3.50. The van der Waals surface area contributed by atoms with E-state index < -0.39 is 21.8 Å². The molecule has 3 fully saturated rings. The zero-order chi connectivity index (χ0) is 27.8. The maximum absolute atomic E-state index is 13.6. The Bertz CT molecular complexity index is 1300. The van der Waals surface area contributed by atoms with E-state index in [0.717, 1.165) is 81.1 Å². The number of hydrogen-bond donors (Lipinski definition) is 1. The highest BCUT2D eigenvalue weighted by Crippen LogP contribution is 2.41. The molecule has 1 aromatic carbocycles. The van der Waals surface area contributed by atoms with Crippen LogP contribution in [0.15, 0.2) is 30.5 Å². The summed E-state index contributed by atoms with van der Waals surface area (Å²) >= 11 is 0. The van der Waals surface area contributed by atoms with Gasteiger partial charge in [0, 0.05) is 56.2 Å². The zero-order valence-electron chi connectivity index (χ0n) is 22.1. The van der Waals surface area contributed by atoms with Crippen molar-refractivity contribution in [2.24, 2.45) is 0 Å². The van der Waals surface area contributed by atoms with E-state index in [9.17, 15) is 26.4 Å². The molecule has 1 spiro atoms. The largest absolute Gasteiger partial charge is 0.416 e. The van der Waals surface area contributed by atoms with Gasteiger partial charge in [-0.2, -0.15) is 17.9 Å². The molecule has 0 aliphatic carbocycles. The number of nitrogens with zero attached hydrogens (tertiary/aromatic N) is 5. The van der Waals surface area contributed by atoms with Crippen molar-refractivity contribution in [1.82, 2.24) is 19.6 Å². The Hall–Kier alpha value is -2.80. The molecule has 3 saturated heterocycles. The monoisotopic (exact) mass is 568 g/mol. The smallest absolute Gasteiger partial charge is 0.371 e. The normalized spacial score (nSPS) is 20.5. The number of nitrogens with one attached hydrogen (secondary N) is 1. The minimum atomic E-state index is -4.38. The lowest BCUT2D eigenvalue weighted by Gasteiger charge is -2.45. The molecule has 9 nitrogen and oxygen atoms in total. The molecule has 3 aliphatic rings. The van der Waals surface area contributed by atoms with E-state index in [0.29, 0.717) is 25.3 Å². The number of amides is 1. The molecular weight excluding hydrogens is 533 g/mol. The van der Waals surface area contributed by atoms with E-state index in [1.165, 1.54) is 24.4 Å². The second-order valence-electron chi connectivity index (χ2n) is 10.9. The summed E-state index contributed by atoms with van der Waals surface area (Å²) < 4.78 is 67.0. The third-order valence-electron chi connectivity index (χ3n) is 8.25. The van der Waals surface area contributed by atoms with Gasteiger partial charge in [0.05, 0.1) is 11.8 Å². The number of carbonyl (C=O) groups excluding carboxylic acids is 1. The molecule has 0 saturated carbocycles. The Morgan fingerprint density at radius 3 is 2.38 bits per heavy atom. The van der Waals surface area contributed by atoms with Crippen LogP contribution in [0.1, 0.15) is 56.1 Å². The Balaban J connectivity index is 1.29. The number of carbonyl (C=O) groups is 1. The number of halogens is 3. The molecule has 1 amide bonds. The van der Waals surface area contributed by atoms with Gasteiger partial charge in [-0.3, -0.25) is 9.62 Å². The molecule has 0 radical (unpaired) electrons. The molecule has 0 atom stereocenters. The van der Waals surface area contributed by atoms with Gasteiger partial charge < -0.3 is 9.80 Å². The fourth-order valence-electron chi connectivity index (χ4n) is 6.25. The van der Waals surface area contributed by atoms with Crippen LogP contribution in [0, 0.1) is 0 Å². The summed E-state index contributed by atoms with van der Waals surface area (Å²) in [6.45, 7) is 4.04. The molecule has 3 aliphatic heterocycles. The van der Waals surface area contributed by atoms with Crippen molar-refractivity contribution >= 4 is 27.6 Å². The highest BCUT2D eigenvalue weighted by molar-refractivity contribution is 7.92. The van der Waals surface area contributed by atoms with E-state index in [1.54, 1.807) is 11.0 Å². The Morgan fingerprint density at radius 2 is 1.72 bits per heavy atom. The van der Waals surface area contributed by atoms with Gasteiger partial charge in [-0.05, 0) is 69.2 Å². The van der Waals surface area contributed by atoms with Crippen LogP contribution < -0.4 is 9.62 Å². The van der Waals surface area contributed by atoms with Crippen LogP contribution in [0.2, 0.25) is 0 Å². The quantitative estimate of drug-likeness (QED) is 0.577. The van der Waals surface area contributed by atoms with E-state index in [2.05, 4.69) is 19.6 Å². The fraction of sp³-hybridized carbons (Fsp3) is 0.615. The summed E-state index contributed by atoms with van der Waals surface area (Å²) in [5, 5.41) is 4.05. The minimum absolute atomic E-state index is 0.0855. The predicted molar refractivity (Wildman–Crippen MR) is 142 cm³/mol. The first kappa shape index (κ1) is 27.8. The van der Waals surface area contributed by atoms with Gasteiger partial charge in [0.25, 0.3) is 0 Å². The number of piperidine rings is 2. The van der Waals surface area contributed by atoms with Crippen LogP contribution in [-0.4, -0.2) is 78.5 Å². The van der Waals surface area contributed by atoms with Gasteiger partial charge in [-0.25, -0.2) is 13.2 Å². The Labute approximate surface area is 227 Å². The molecule has 214 valence electrons. The Kier molecular flexibility index (Phi) is 7.57. The van der Waals surface area contributed by atoms with Crippen LogP contribution in [0.3, 0.4) is 0 Å². The van der Waals surface area contributed by atoms with Crippen molar-refractivity contribution in [3.05, 3.63) is 41.6 Å². The highest BCUT2D eigenvalue weighted by Gasteiger charge is 2.44. The minimum Gasteiger partial charge on any atom is -0.371 e. The number of aromatic nitrogens is 2. The Morgan fingerprint density at radius 1 is 1.00 bits per heavy atom. The number of sulfonamides is 1. The van der Waals surface area contributed by atoms with E-state index >= 15 is 0 Å². The number of hydrogen-bond acceptors (Lipinski definition) is 6. The fourth-order valence-corrected chi connectivity index (χ4v) is 6.74. The standard InChI is InChI=1S/C26H35F3N6O3S/c1-39(37,38)31-23-8-15-35(30-23)24(36)33-16-10-25(11-17-33)9-5-14-34(25)19-20-6-7-21(26(27,28)29)18-22(20)32-12-3-2-4-13-32/h6-8,15,18H,2-5,9-14,16-17,19H2,1H3,(H,30,31). The average molecular weight is 569 g/mol. The molecule has 5 rings (SSSR count). The summed E-state index contributed by atoms with van der Waals surface area (Å²) in [5.41, 5.74) is 0.901. The molecule has 1 N–H and O–H groups in total. The second kappa shape index (κ2) is 10.6. The molecule has 39 heavy (non-hydrogen) atoms. The number of anilines is 2. The van der Waals surface area contributed by atoms with Crippen LogP contribution in [0.25, 0.3) is 0 Å². The van der Waals surface area contributed by atoms with Crippen molar-refractivity contribution < 1.29 is 26.4 Å². The van der Waals surface area contributed by atoms with Gasteiger partial charge in [0.2, 0.25) is 10.0 Å². The third kappa shape index (κ3) is 6.19. The number of rotatable bonds is 5. The summed E-state index contributed by atoms with van der Waals surface area (Å²) in [5.74, 6) is 0.0855. The lowest BCUT2D eigenvalue weighted by atomic mass is 9.84. The summed E-state index contributed by atoms with van der Waals surface area (Å²) in [6.07, 6.45) is 4.65. The van der Waals surface area contributed by atoms with E-state index in [1.807, 2.05) is 0 Å². The predicted octanol–water partition coefficient (Wildman–Crippen LogP) is 4.36. The highest BCUT2D eigenvalue weighted by atomic mass is 32.2. The molecule has 2 aromatic rings. The molecule has 0 bridgehead atoms. The third-order valence-corrected chi connectivity index (χ3v) is 8.83. The summed E-state index contributed by atoms with van der Waals surface area (Å²) in [4.78, 5) is 19.3. The first-order chi connectivity index (χ1) is 18.4. The van der Waals surface area contributed by atoms with Crippen LogP contribution in [-0.2, 0) is 22.7 Å². The van der Waals surface area contributed by atoms with Crippen molar-refractivity contribution in [3.63, 3.8) is 0 Å². The van der Waals surface area contributed by atoms with Gasteiger partial charge >= 0.3 is 12.2 Å². The maximum atomic E-state index is 13.6. The summed E-state index contributed by atoms with van der Waals surface area (Å²) in [6, 6.07) is 5.29. The number of likely N-dealkylation sites (tertiary alicyclic amines) is 2. The first-order valence-corrected chi connectivity index (χ1v) is 15.4. The van der Waals surface area contributed by atoms with Crippen molar-refractivity contribution in [2.45, 2.75) is 63.2 Å². The molecular formula is C26H35F3N6O3S. The lowest BCUT2D eigenvalue weighted by Crippen LogP contribution is -2.53. The topological polar surface area (TPSA) is 90.8 Å². The van der Waals surface area contributed by atoms with Crippen molar-refractivity contribution in [2.75, 3.05) is 48.6 Å². The molecule has 0 unspecified atom stereocenters. The van der Waals surface area contributed by atoms with Gasteiger partial charge in [0.1, 0.15) is 0 Å². The van der Waals surface area contributed by atoms with Crippen molar-refractivity contribution in [3.8, 4) is 0 Å². The zero-order valence-corrected chi connectivity index (χ0v) is 22.9. The van der Waals surface area contributed by atoms with Gasteiger partial charge in [0.15, 0.2) is 5.82 Å². The number of alkyl halides is 3. The lowest BCUT2D eigenvalue weighted by molar-refractivity contribution is -0.137. The van der Waals surface area contributed by atoms with Crippen LogP contribution in [0.5, 0.6) is 0 Å². The number of benzene rings is 1. The van der Waals surface area contributed by atoms with Crippen LogP contribution in [0.4, 0.5) is 29.5 Å². The maximum Gasteiger partial charge on any atom is 0.416 e. The SMILES string of the molecule is CS(=O)(=O)Nc1ccn(C(=O)N2CCC3(CCCN3Cc3ccc(C(F)(F)F)cc3N3CCCCC3)CC2)n1. The van der Waals surface area contributed by atoms with Crippen molar-refractivity contribution in [1.29, 1.82) is 0 Å². The summed E-state index contributed by atoms with van der Waals surface area (Å²) in [7, 11) is -3.50. The molecule has 4 heterocycles. The first-order valence-electron chi connectivity index (χ1n) is 13.5. The van der Waals surface area contributed by atoms with Gasteiger partial charge in [-0.1, -0.05) is 6.07 Å². The van der Waals surface area contributed by atoms with E-state index in [4.69, 9.17) is 0 Å². The molecule has 1 aromatic heterocycles. The van der Waals surface area contributed by atoms with Gasteiger partial charge in [-0.15, -0.1) is 5.10 Å². The van der Waals surface area contributed by atoms with Crippen LogP contribution >= 0.6 is 0 Å².